The van der Waals surface area contributed by atoms with Crippen molar-refractivity contribution in [2.75, 3.05) is 5.75 Å². The number of benzene rings is 1. The number of rotatable bonds is 7. The van der Waals surface area contributed by atoms with Gasteiger partial charge in [0, 0.05) is 24.1 Å². The van der Waals surface area contributed by atoms with E-state index in [1.165, 1.54) is 0 Å². The monoisotopic (exact) mass is 358 g/mol. The van der Waals surface area contributed by atoms with Crippen LogP contribution in [-0.2, 0) is 5.75 Å². The van der Waals surface area contributed by atoms with Crippen LogP contribution in [-0.4, -0.2) is 20.7 Å². The molecular formula is C13H15BrN2OS2. The number of thioether (sulfide) groups is 1. The van der Waals surface area contributed by atoms with E-state index in [1.54, 1.807) is 0 Å². The number of ether oxygens (including phenoxy) is 1. The van der Waals surface area contributed by atoms with E-state index in [2.05, 4.69) is 25.9 Å². The Balaban J connectivity index is 1.64. The zero-order chi connectivity index (χ0) is 13.5. The molecule has 0 fully saturated rings. The minimum absolute atomic E-state index is 0.0483. The van der Waals surface area contributed by atoms with E-state index in [-0.39, 0.29) is 5.01 Å². The predicted octanol–water partition coefficient (Wildman–Crippen LogP) is 4.50. The molecule has 0 aliphatic heterocycles. The summed E-state index contributed by atoms with van der Waals surface area (Å²) in [5.41, 5.74) is 1.13. The second kappa shape index (κ2) is 7.77. The Hall–Kier alpha value is -0.720. The third-order valence-corrected chi connectivity index (χ3v) is 4.31. The fraction of sp³-hybridized carbons (Fsp3) is 0.308. The minimum Gasteiger partial charge on any atom is -0.479 e. The molecular weight excluding hydrogens is 344 g/mol. The summed E-state index contributed by atoms with van der Waals surface area (Å²) in [7, 11) is 0. The highest BCUT2D eigenvalue weighted by molar-refractivity contribution is 9.09. The molecule has 1 unspecified atom stereocenters. The molecule has 1 atom stereocenters. The molecule has 1 heterocycles. The van der Waals surface area contributed by atoms with Crippen LogP contribution in [0.5, 0.6) is 5.75 Å². The van der Waals surface area contributed by atoms with E-state index in [4.69, 9.17) is 17.0 Å². The first-order valence-electron chi connectivity index (χ1n) is 5.94. The second-order valence-electron chi connectivity index (χ2n) is 3.95. The summed E-state index contributed by atoms with van der Waals surface area (Å²) in [5, 5.41) is 0.0483. The van der Waals surface area contributed by atoms with E-state index >= 15 is 0 Å². The van der Waals surface area contributed by atoms with Crippen molar-refractivity contribution >= 4 is 39.9 Å². The molecule has 2 aromatic rings. The van der Waals surface area contributed by atoms with Crippen LogP contribution in [0.4, 0.5) is 0 Å². The summed E-state index contributed by atoms with van der Waals surface area (Å²) in [4.78, 5) is 6.06. The van der Waals surface area contributed by atoms with Gasteiger partial charge in [-0.25, -0.2) is 0 Å². The molecule has 2 rings (SSSR count). The number of imidazole rings is 1. The average Bonchev–Trinajstić information content (AvgIpc) is 2.82. The Morgan fingerprint density at radius 1 is 1.32 bits per heavy atom. The summed E-state index contributed by atoms with van der Waals surface area (Å²) >= 11 is 10.4. The maximum atomic E-state index is 5.74. The van der Waals surface area contributed by atoms with Gasteiger partial charge in [-0.15, -0.1) is 0 Å². The summed E-state index contributed by atoms with van der Waals surface area (Å²) in [5.74, 6) is 2.84. The van der Waals surface area contributed by atoms with Gasteiger partial charge < -0.3 is 14.7 Å². The van der Waals surface area contributed by atoms with E-state index in [1.807, 2.05) is 48.3 Å². The lowest BCUT2D eigenvalue weighted by molar-refractivity contribution is 0.291. The normalized spacial score (nSPS) is 12.3. The number of aromatic amines is 2. The third-order valence-electron chi connectivity index (χ3n) is 2.41. The first kappa shape index (κ1) is 14.7. The standard InChI is InChI=1S/C13H15BrN2OS2/c14-12(17-11-4-2-1-3-5-11)6-7-19-9-10-8-15-13(18)16-10/h1-5,8,12H,6-7,9H2,(H2,15,16,18). The van der Waals surface area contributed by atoms with Crippen LogP contribution in [0, 0.1) is 4.77 Å². The van der Waals surface area contributed by atoms with E-state index < -0.39 is 0 Å². The van der Waals surface area contributed by atoms with Gasteiger partial charge in [0.05, 0.1) is 0 Å². The molecule has 0 saturated heterocycles. The van der Waals surface area contributed by atoms with Gasteiger partial charge in [0.15, 0.2) is 9.78 Å². The first-order valence-corrected chi connectivity index (χ1v) is 8.42. The lowest BCUT2D eigenvalue weighted by Gasteiger charge is -2.12. The molecule has 1 aromatic carbocycles. The van der Waals surface area contributed by atoms with Crippen LogP contribution < -0.4 is 4.74 Å². The largest absolute Gasteiger partial charge is 0.479 e. The smallest absolute Gasteiger partial charge is 0.174 e. The van der Waals surface area contributed by atoms with Gasteiger partial charge in [-0.2, -0.15) is 11.8 Å². The van der Waals surface area contributed by atoms with Gasteiger partial charge in [-0.1, -0.05) is 18.2 Å². The van der Waals surface area contributed by atoms with Crippen molar-refractivity contribution < 1.29 is 4.74 Å². The van der Waals surface area contributed by atoms with Gasteiger partial charge in [0.1, 0.15) is 5.75 Å². The molecule has 0 aliphatic carbocycles. The van der Waals surface area contributed by atoms with Gasteiger partial charge in [0.25, 0.3) is 0 Å². The predicted molar refractivity (Wildman–Crippen MR) is 86.5 cm³/mol. The molecule has 1 aromatic heterocycles. The second-order valence-corrected chi connectivity index (χ2v) is 6.48. The highest BCUT2D eigenvalue weighted by Gasteiger charge is 2.05. The van der Waals surface area contributed by atoms with Gasteiger partial charge in [-0.05, 0) is 46.0 Å². The van der Waals surface area contributed by atoms with Crippen molar-refractivity contribution in [1.29, 1.82) is 0 Å². The summed E-state index contributed by atoms with van der Waals surface area (Å²) in [6.07, 6.45) is 2.87. The van der Waals surface area contributed by atoms with Crippen molar-refractivity contribution in [3.05, 3.63) is 47.0 Å². The zero-order valence-electron chi connectivity index (χ0n) is 10.3. The fourth-order valence-electron chi connectivity index (χ4n) is 1.51. The van der Waals surface area contributed by atoms with Crippen molar-refractivity contribution in [3.8, 4) is 5.75 Å². The third kappa shape index (κ3) is 5.42. The van der Waals surface area contributed by atoms with Gasteiger partial charge in [0.2, 0.25) is 0 Å². The Morgan fingerprint density at radius 2 is 2.11 bits per heavy atom. The highest BCUT2D eigenvalue weighted by atomic mass is 79.9. The maximum absolute atomic E-state index is 5.74. The zero-order valence-corrected chi connectivity index (χ0v) is 13.5. The molecule has 0 saturated carbocycles. The Labute approximate surface area is 130 Å². The molecule has 0 amide bonds. The number of hydrogen-bond donors (Lipinski definition) is 2. The van der Waals surface area contributed by atoms with Crippen LogP contribution in [0.25, 0.3) is 0 Å². The summed E-state index contributed by atoms with van der Waals surface area (Å²) < 4.78 is 6.43. The van der Waals surface area contributed by atoms with E-state index in [9.17, 15) is 0 Å². The molecule has 0 spiro atoms. The molecule has 6 heteroatoms. The molecule has 3 nitrogen and oxygen atoms in total. The minimum atomic E-state index is 0.0483. The Morgan fingerprint density at radius 3 is 2.79 bits per heavy atom. The Kier molecular flexibility index (Phi) is 6.00. The highest BCUT2D eigenvalue weighted by Crippen LogP contribution is 2.19. The maximum Gasteiger partial charge on any atom is 0.174 e. The van der Waals surface area contributed by atoms with Crippen molar-refractivity contribution in [3.63, 3.8) is 0 Å². The van der Waals surface area contributed by atoms with Crippen LogP contribution in [0.2, 0.25) is 0 Å². The van der Waals surface area contributed by atoms with Crippen LogP contribution >= 0.6 is 39.9 Å². The number of nitrogens with one attached hydrogen (secondary N) is 2. The lowest BCUT2D eigenvalue weighted by Crippen LogP contribution is -2.09. The number of para-hydroxylation sites is 1. The molecule has 0 aliphatic rings. The number of aromatic nitrogens is 2. The number of hydrogen-bond acceptors (Lipinski definition) is 3. The summed E-state index contributed by atoms with van der Waals surface area (Å²) in [6.45, 7) is 0. The summed E-state index contributed by atoms with van der Waals surface area (Å²) in [6, 6.07) is 9.84. The number of alkyl halides is 1. The molecule has 0 bridgehead atoms. The molecule has 19 heavy (non-hydrogen) atoms. The lowest BCUT2D eigenvalue weighted by atomic mass is 10.3. The van der Waals surface area contributed by atoms with E-state index in [0.29, 0.717) is 4.77 Å². The SMILES string of the molecule is S=c1[nH]cc(CSCCC(Br)Oc2ccccc2)[nH]1. The first-order chi connectivity index (χ1) is 9.24. The van der Waals surface area contributed by atoms with Crippen molar-refractivity contribution in [2.24, 2.45) is 0 Å². The van der Waals surface area contributed by atoms with Crippen LogP contribution in [0.15, 0.2) is 36.5 Å². The molecule has 0 radical (unpaired) electrons. The molecule has 2 N–H and O–H groups in total. The Bertz CT molecular complexity index is 541. The van der Waals surface area contributed by atoms with Gasteiger partial charge in [-0.3, -0.25) is 0 Å². The number of halogens is 1. The topological polar surface area (TPSA) is 40.8 Å². The van der Waals surface area contributed by atoms with Crippen molar-refractivity contribution in [2.45, 2.75) is 17.2 Å². The van der Waals surface area contributed by atoms with Gasteiger partial charge >= 0.3 is 0 Å². The quantitative estimate of drug-likeness (QED) is 0.435. The van der Waals surface area contributed by atoms with Crippen molar-refractivity contribution in [1.82, 2.24) is 9.97 Å². The average molecular weight is 359 g/mol. The van der Waals surface area contributed by atoms with E-state index in [0.717, 1.165) is 29.4 Å². The van der Waals surface area contributed by atoms with Crippen LogP contribution in [0.1, 0.15) is 12.1 Å². The molecule has 102 valence electrons. The number of H-pyrrole nitrogens is 2. The van der Waals surface area contributed by atoms with Crippen LogP contribution in [0.3, 0.4) is 0 Å². The fourth-order valence-corrected chi connectivity index (χ4v) is 3.35.